The van der Waals surface area contributed by atoms with Gasteiger partial charge in [-0.25, -0.2) is 9.59 Å². The van der Waals surface area contributed by atoms with Crippen LogP contribution in [0.1, 0.15) is 5.56 Å². The summed E-state index contributed by atoms with van der Waals surface area (Å²) >= 11 is 0. The van der Waals surface area contributed by atoms with Crippen LogP contribution < -0.4 is 11.4 Å². The van der Waals surface area contributed by atoms with Crippen molar-refractivity contribution in [3.63, 3.8) is 0 Å². The van der Waals surface area contributed by atoms with Crippen molar-refractivity contribution in [2.24, 2.45) is 0 Å². The van der Waals surface area contributed by atoms with E-state index in [9.17, 15) is 9.59 Å². The van der Waals surface area contributed by atoms with Gasteiger partial charge in [-0.3, -0.25) is 4.98 Å². The first-order valence-electron chi connectivity index (χ1n) is 3.78. The second-order valence-electron chi connectivity index (χ2n) is 2.67. The van der Waals surface area contributed by atoms with Gasteiger partial charge in [0.1, 0.15) is 0 Å². The van der Waals surface area contributed by atoms with Gasteiger partial charge in [0.15, 0.2) is 0 Å². The molecule has 0 unspecified atom stereocenters. The standard InChI is InChI=1S/C9H4N2O3/c10-4-5-1-2-6-7(3-5)11-9(13)14-8(6)12/h1-3H,(H,11,13). The second kappa shape index (κ2) is 2.85. The van der Waals surface area contributed by atoms with Crippen LogP contribution in [0.5, 0.6) is 0 Å². The predicted octanol–water partition coefficient (Wildman–Crippen LogP) is 0.353. The molecule has 0 amide bonds. The Bertz CT molecular complexity index is 645. The first kappa shape index (κ1) is 8.26. The van der Waals surface area contributed by atoms with Crippen molar-refractivity contribution >= 4 is 10.9 Å². The van der Waals surface area contributed by atoms with Crippen molar-refractivity contribution in [2.75, 3.05) is 0 Å². The highest BCUT2D eigenvalue weighted by molar-refractivity contribution is 5.78. The molecule has 1 aromatic carbocycles. The summed E-state index contributed by atoms with van der Waals surface area (Å²) in [6.07, 6.45) is 0. The van der Waals surface area contributed by atoms with Crippen molar-refractivity contribution in [1.82, 2.24) is 4.98 Å². The van der Waals surface area contributed by atoms with E-state index >= 15 is 0 Å². The Morgan fingerprint density at radius 3 is 2.86 bits per heavy atom. The average Bonchev–Trinajstić information content (AvgIpc) is 2.16. The van der Waals surface area contributed by atoms with Crippen molar-refractivity contribution in [1.29, 1.82) is 5.26 Å². The normalized spacial score (nSPS) is 9.93. The summed E-state index contributed by atoms with van der Waals surface area (Å²) in [5.74, 6) is -0.822. The van der Waals surface area contributed by atoms with Gasteiger partial charge in [0.25, 0.3) is 0 Å². The van der Waals surface area contributed by atoms with E-state index in [0.29, 0.717) is 11.1 Å². The Kier molecular flexibility index (Phi) is 1.68. The van der Waals surface area contributed by atoms with Crippen LogP contribution in [0.4, 0.5) is 0 Å². The topological polar surface area (TPSA) is 86.9 Å². The third-order valence-corrected chi connectivity index (χ3v) is 1.79. The fourth-order valence-electron chi connectivity index (χ4n) is 1.17. The highest BCUT2D eigenvalue weighted by Crippen LogP contribution is 2.07. The molecule has 1 aromatic heterocycles. The SMILES string of the molecule is N#Cc1ccc2c(=O)oc(=O)[nH]c2c1. The van der Waals surface area contributed by atoms with Crippen molar-refractivity contribution in [3.8, 4) is 6.07 Å². The number of rotatable bonds is 0. The molecule has 0 aliphatic heterocycles. The average molecular weight is 188 g/mol. The minimum absolute atomic E-state index is 0.253. The van der Waals surface area contributed by atoms with E-state index in [-0.39, 0.29) is 5.39 Å². The molecule has 0 aliphatic carbocycles. The first-order valence-corrected chi connectivity index (χ1v) is 3.78. The number of hydrogen-bond acceptors (Lipinski definition) is 4. The third kappa shape index (κ3) is 1.19. The lowest BCUT2D eigenvalue weighted by molar-refractivity contribution is 0.460. The summed E-state index contributed by atoms with van der Waals surface area (Å²) in [4.78, 5) is 24.3. The Balaban J connectivity index is 2.98. The highest BCUT2D eigenvalue weighted by Gasteiger charge is 2.02. The maximum atomic E-state index is 11.1. The van der Waals surface area contributed by atoms with Crippen LogP contribution >= 0.6 is 0 Å². The number of nitrogens with one attached hydrogen (secondary N) is 1. The number of H-pyrrole nitrogens is 1. The largest absolute Gasteiger partial charge is 0.419 e. The van der Waals surface area contributed by atoms with Crippen molar-refractivity contribution in [2.45, 2.75) is 0 Å². The zero-order valence-electron chi connectivity index (χ0n) is 6.90. The number of nitrogens with zero attached hydrogens (tertiary/aromatic N) is 1. The molecule has 5 nitrogen and oxygen atoms in total. The van der Waals surface area contributed by atoms with Crippen molar-refractivity contribution in [3.05, 3.63) is 44.7 Å². The van der Waals surface area contributed by atoms with E-state index in [1.54, 1.807) is 0 Å². The maximum absolute atomic E-state index is 11.1. The van der Waals surface area contributed by atoms with Gasteiger partial charge in [0.05, 0.1) is 22.5 Å². The fraction of sp³-hybridized carbons (Fsp3) is 0. The second-order valence-corrected chi connectivity index (χ2v) is 2.67. The Morgan fingerprint density at radius 2 is 2.14 bits per heavy atom. The van der Waals surface area contributed by atoms with Gasteiger partial charge in [0, 0.05) is 0 Å². The molecule has 1 N–H and O–H groups in total. The first-order chi connectivity index (χ1) is 6.70. The number of aromatic amines is 1. The highest BCUT2D eigenvalue weighted by atomic mass is 16.4. The van der Waals surface area contributed by atoms with Crippen LogP contribution in [0.3, 0.4) is 0 Å². The van der Waals surface area contributed by atoms with Gasteiger partial charge >= 0.3 is 11.4 Å². The van der Waals surface area contributed by atoms with Gasteiger partial charge in [-0.05, 0) is 18.2 Å². The lowest BCUT2D eigenvalue weighted by Crippen LogP contribution is -2.14. The summed E-state index contributed by atoms with van der Waals surface area (Å²) in [5.41, 5.74) is -0.0164. The van der Waals surface area contributed by atoms with Crippen LogP contribution in [-0.4, -0.2) is 4.98 Å². The molecule has 5 heteroatoms. The molecule has 0 bridgehead atoms. The number of nitriles is 1. The van der Waals surface area contributed by atoms with E-state index in [4.69, 9.17) is 5.26 Å². The molecule has 1 heterocycles. The zero-order chi connectivity index (χ0) is 10.1. The molecule has 2 aromatic rings. The Hall–Kier alpha value is -2.35. The Labute approximate surface area is 77.2 Å². The van der Waals surface area contributed by atoms with E-state index in [0.717, 1.165) is 0 Å². The Morgan fingerprint density at radius 1 is 1.36 bits per heavy atom. The van der Waals surface area contributed by atoms with Gasteiger partial charge < -0.3 is 4.42 Å². The van der Waals surface area contributed by atoms with E-state index in [1.165, 1.54) is 18.2 Å². The monoisotopic (exact) mass is 188 g/mol. The minimum Gasteiger partial charge on any atom is -0.372 e. The lowest BCUT2D eigenvalue weighted by Gasteiger charge is -1.94. The summed E-state index contributed by atoms with van der Waals surface area (Å²) < 4.78 is 4.31. The van der Waals surface area contributed by atoms with Crippen LogP contribution in [0.15, 0.2) is 32.2 Å². The smallest absolute Gasteiger partial charge is 0.372 e. The number of hydrogen-bond donors (Lipinski definition) is 1. The summed E-state index contributed by atoms with van der Waals surface area (Å²) in [7, 11) is 0. The maximum Gasteiger partial charge on any atom is 0.419 e. The molecule has 14 heavy (non-hydrogen) atoms. The van der Waals surface area contributed by atoms with Crippen LogP contribution in [0.2, 0.25) is 0 Å². The molecule has 0 fully saturated rings. The summed E-state index contributed by atoms with van der Waals surface area (Å²) in [6.45, 7) is 0. The predicted molar refractivity (Wildman–Crippen MR) is 47.8 cm³/mol. The lowest BCUT2D eigenvalue weighted by atomic mass is 10.2. The molecule has 2 rings (SSSR count). The molecule has 0 saturated heterocycles. The molecule has 0 saturated carbocycles. The zero-order valence-corrected chi connectivity index (χ0v) is 6.90. The van der Waals surface area contributed by atoms with Crippen molar-refractivity contribution < 1.29 is 4.42 Å². The van der Waals surface area contributed by atoms with E-state index in [2.05, 4.69) is 9.40 Å². The third-order valence-electron chi connectivity index (χ3n) is 1.79. The van der Waals surface area contributed by atoms with Gasteiger partial charge in [-0.15, -0.1) is 0 Å². The quantitative estimate of drug-likeness (QED) is 0.646. The molecule has 0 aliphatic rings. The minimum atomic E-state index is -0.822. The molecular weight excluding hydrogens is 184 g/mol. The molecule has 68 valence electrons. The summed E-state index contributed by atoms with van der Waals surface area (Å²) in [5, 5.41) is 8.85. The van der Waals surface area contributed by atoms with Gasteiger partial charge in [-0.2, -0.15) is 5.26 Å². The fourth-order valence-corrected chi connectivity index (χ4v) is 1.17. The van der Waals surface area contributed by atoms with Gasteiger partial charge in [-0.1, -0.05) is 0 Å². The number of fused-ring (bicyclic) bond motifs is 1. The summed E-state index contributed by atoms with van der Waals surface area (Å²) in [6, 6.07) is 6.25. The van der Waals surface area contributed by atoms with Gasteiger partial charge in [0.2, 0.25) is 0 Å². The number of aromatic nitrogens is 1. The van der Waals surface area contributed by atoms with E-state index in [1.807, 2.05) is 6.07 Å². The van der Waals surface area contributed by atoms with Crippen LogP contribution in [0, 0.1) is 11.3 Å². The van der Waals surface area contributed by atoms with Crippen LogP contribution in [-0.2, 0) is 0 Å². The molecular formula is C9H4N2O3. The molecule has 0 atom stereocenters. The molecule has 0 radical (unpaired) electrons. The number of benzene rings is 1. The van der Waals surface area contributed by atoms with E-state index < -0.39 is 11.4 Å². The van der Waals surface area contributed by atoms with Crippen LogP contribution in [0.25, 0.3) is 10.9 Å². The molecule has 0 spiro atoms.